The van der Waals surface area contributed by atoms with Gasteiger partial charge in [-0.25, -0.2) is 4.98 Å². The van der Waals surface area contributed by atoms with Gasteiger partial charge < -0.3 is 9.15 Å². The van der Waals surface area contributed by atoms with Gasteiger partial charge in [-0.2, -0.15) is 0 Å². The molecule has 1 heterocycles. The summed E-state index contributed by atoms with van der Waals surface area (Å²) in [7, 11) is 0. The van der Waals surface area contributed by atoms with Crippen molar-refractivity contribution in [1.29, 1.82) is 0 Å². The molecule has 0 saturated heterocycles. The maximum absolute atomic E-state index is 5.16. The number of hydrogen-bond donors (Lipinski definition) is 0. The van der Waals surface area contributed by atoms with Gasteiger partial charge in [0.2, 0.25) is 0 Å². The van der Waals surface area contributed by atoms with E-state index in [1.54, 1.807) is 12.5 Å². The Morgan fingerprint density at radius 3 is 3.18 bits per heavy atom. The molecule has 1 rings (SSSR count). The number of aromatic nitrogens is 1. The van der Waals surface area contributed by atoms with Gasteiger partial charge in [0.25, 0.3) is 0 Å². The smallest absolute Gasteiger partial charge is 0.193 e. The lowest BCUT2D eigenvalue weighted by atomic mass is 10.3. The molecular formula is C8H13NO2. The third kappa shape index (κ3) is 3.18. The van der Waals surface area contributed by atoms with Crippen molar-refractivity contribution in [3.05, 3.63) is 18.4 Å². The van der Waals surface area contributed by atoms with Crippen molar-refractivity contribution in [1.82, 2.24) is 4.98 Å². The molecule has 0 radical (unpaired) electrons. The van der Waals surface area contributed by atoms with Crippen LogP contribution >= 0.6 is 0 Å². The van der Waals surface area contributed by atoms with Crippen LogP contribution < -0.4 is 0 Å². The summed E-state index contributed by atoms with van der Waals surface area (Å²) in [6, 6.07) is 0. The van der Waals surface area contributed by atoms with Crippen LogP contribution in [0.25, 0.3) is 0 Å². The Morgan fingerprint density at radius 2 is 2.55 bits per heavy atom. The van der Waals surface area contributed by atoms with Crippen LogP contribution in [-0.4, -0.2) is 18.2 Å². The molecule has 0 amide bonds. The number of rotatable bonds is 5. The van der Waals surface area contributed by atoms with E-state index in [1.807, 2.05) is 6.92 Å². The van der Waals surface area contributed by atoms with E-state index in [0.29, 0.717) is 0 Å². The van der Waals surface area contributed by atoms with Gasteiger partial charge in [0, 0.05) is 19.6 Å². The van der Waals surface area contributed by atoms with E-state index < -0.39 is 0 Å². The molecule has 0 aliphatic carbocycles. The lowest BCUT2D eigenvalue weighted by molar-refractivity contribution is 0.143. The standard InChI is InChI=1S/C8H13NO2/c1-2-10-6-3-4-8-9-5-7-11-8/h5,7H,2-4,6H2,1H3. The zero-order chi connectivity index (χ0) is 7.94. The van der Waals surface area contributed by atoms with E-state index >= 15 is 0 Å². The fourth-order valence-corrected chi connectivity index (χ4v) is 0.846. The monoisotopic (exact) mass is 155 g/mol. The summed E-state index contributed by atoms with van der Waals surface area (Å²) in [5.41, 5.74) is 0. The molecule has 0 N–H and O–H groups in total. The molecule has 0 saturated carbocycles. The number of ether oxygens (including phenoxy) is 1. The van der Waals surface area contributed by atoms with Crippen molar-refractivity contribution in [3.63, 3.8) is 0 Å². The molecule has 62 valence electrons. The van der Waals surface area contributed by atoms with Gasteiger partial charge in [-0.1, -0.05) is 0 Å². The molecule has 0 aliphatic rings. The Kier molecular flexibility index (Phi) is 3.69. The summed E-state index contributed by atoms with van der Waals surface area (Å²) in [4.78, 5) is 3.99. The Labute approximate surface area is 66.4 Å². The first-order chi connectivity index (χ1) is 5.43. The zero-order valence-electron chi connectivity index (χ0n) is 6.75. The van der Waals surface area contributed by atoms with Gasteiger partial charge in [0.1, 0.15) is 6.26 Å². The Morgan fingerprint density at radius 1 is 1.64 bits per heavy atom. The van der Waals surface area contributed by atoms with Crippen LogP contribution in [0.1, 0.15) is 19.2 Å². The highest BCUT2D eigenvalue weighted by Gasteiger charge is 1.95. The minimum Gasteiger partial charge on any atom is -0.449 e. The van der Waals surface area contributed by atoms with Gasteiger partial charge in [-0.3, -0.25) is 0 Å². The molecular weight excluding hydrogens is 142 g/mol. The predicted molar refractivity (Wildman–Crippen MR) is 41.3 cm³/mol. The van der Waals surface area contributed by atoms with Crippen LogP contribution in [0.3, 0.4) is 0 Å². The Bertz CT molecular complexity index is 172. The van der Waals surface area contributed by atoms with Gasteiger partial charge in [0.15, 0.2) is 5.89 Å². The average molecular weight is 155 g/mol. The summed E-state index contributed by atoms with van der Waals surface area (Å²) >= 11 is 0. The number of hydrogen-bond acceptors (Lipinski definition) is 3. The van der Waals surface area contributed by atoms with E-state index in [2.05, 4.69) is 4.98 Å². The maximum Gasteiger partial charge on any atom is 0.193 e. The fraction of sp³-hybridized carbons (Fsp3) is 0.625. The van der Waals surface area contributed by atoms with E-state index in [9.17, 15) is 0 Å². The molecule has 1 aromatic rings. The molecule has 1 aromatic heterocycles. The van der Waals surface area contributed by atoms with Crippen molar-refractivity contribution in [3.8, 4) is 0 Å². The van der Waals surface area contributed by atoms with Gasteiger partial charge in [-0.15, -0.1) is 0 Å². The van der Waals surface area contributed by atoms with Crippen LogP contribution in [0.5, 0.6) is 0 Å². The molecule has 0 unspecified atom stereocenters. The lowest BCUT2D eigenvalue weighted by Gasteiger charge is -1.97. The molecule has 0 spiro atoms. The SMILES string of the molecule is CCOCCCc1ncco1. The second kappa shape index (κ2) is 4.91. The number of oxazole rings is 1. The second-order valence-corrected chi connectivity index (χ2v) is 2.23. The first-order valence-corrected chi connectivity index (χ1v) is 3.89. The predicted octanol–water partition coefficient (Wildman–Crippen LogP) is 1.64. The van der Waals surface area contributed by atoms with E-state index in [1.165, 1.54) is 0 Å². The molecule has 0 aliphatic heterocycles. The van der Waals surface area contributed by atoms with Crippen LogP contribution in [0.2, 0.25) is 0 Å². The van der Waals surface area contributed by atoms with Crippen molar-refractivity contribution >= 4 is 0 Å². The third-order valence-electron chi connectivity index (χ3n) is 1.37. The zero-order valence-corrected chi connectivity index (χ0v) is 6.75. The molecule has 3 heteroatoms. The summed E-state index contributed by atoms with van der Waals surface area (Å²) in [6.45, 7) is 3.57. The highest BCUT2D eigenvalue weighted by molar-refractivity contribution is 4.79. The minimum absolute atomic E-state index is 0.783. The highest BCUT2D eigenvalue weighted by Crippen LogP contribution is 1.98. The molecule has 3 nitrogen and oxygen atoms in total. The number of aryl methyl sites for hydroxylation is 1. The maximum atomic E-state index is 5.16. The van der Waals surface area contributed by atoms with Crippen molar-refractivity contribution in [2.75, 3.05) is 13.2 Å². The van der Waals surface area contributed by atoms with Crippen LogP contribution in [0, 0.1) is 0 Å². The highest BCUT2D eigenvalue weighted by atomic mass is 16.5. The van der Waals surface area contributed by atoms with Crippen LogP contribution in [0.4, 0.5) is 0 Å². The Hall–Kier alpha value is -0.830. The lowest BCUT2D eigenvalue weighted by Crippen LogP contribution is -1.95. The van der Waals surface area contributed by atoms with Gasteiger partial charge in [0.05, 0.1) is 6.20 Å². The molecule has 11 heavy (non-hydrogen) atoms. The normalized spacial score (nSPS) is 10.3. The van der Waals surface area contributed by atoms with Crippen molar-refractivity contribution in [2.45, 2.75) is 19.8 Å². The summed E-state index contributed by atoms with van der Waals surface area (Å²) < 4.78 is 10.2. The Balaban J connectivity index is 2.04. The van der Waals surface area contributed by atoms with Crippen LogP contribution in [-0.2, 0) is 11.2 Å². The molecule has 0 aromatic carbocycles. The van der Waals surface area contributed by atoms with Gasteiger partial charge >= 0.3 is 0 Å². The minimum atomic E-state index is 0.783. The first kappa shape index (κ1) is 8.27. The van der Waals surface area contributed by atoms with E-state index in [4.69, 9.17) is 9.15 Å². The van der Waals surface area contributed by atoms with E-state index in [-0.39, 0.29) is 0 Å². The topological polar surface area (TPSA) is 35.3 Å². The molecule has 0 atom stereocenters. The summed E-state index contributed by atoms with van der Waals surface area (Å²) in [5, 5.41) is 0. The quantitative estimate of drug-likeness (QED) is 0.606. The first-order valence-electron chi connectivity index (χ1n) is 3.89. The average Bonchev–Trinajstić information content (AvgIpc) is 2.50. The van der Waals surface area contributed by atoms with Crippen molar-refractivity contribution in [2.24, 2.45) is 0 Å². The van der Waals surface area contributed by atoms with E-state index in [0.717, 1.165) is 31.9 Å². The summed E-state index contributed by atoms with van der Waals surface area (Å²) in [6.07, 6.45) is 5.10. The van der Waals surface area contributed by atoms with Crippen LogP contribution in [0.15, 0.2) is 16.9 Å². The van der Waals surface area contributed by atoms with Crippen molar-refractivity contribution < 1.29 is 9.15 Å². The molecule has 0 bridgehead atoms. The second-order valence-electron chi connectivity index (χ2n) is 2.23. The number of nitrogens with zero attached hydrogens (tertiary/aromatic N) is 1. The fourth-order valence-electron chi connectivity index (χ4n) is 0.846. The molecule has 0 fully saturated rings. The third-order valence-corrected chi connectivity index (χ3v) is 1.37. The van der Waals surface area contributed by atoms with Gasteiger partial charge in [-0.05, 0) is 13.3 Å². The largest absolute Gasteiger partial charge is 0.449 e. The summed E-state index contributed by atoms with van der Waals surface area (Å²) in [5.74, 6) is 0.796.